The first kappa shape index (κ1) is 23.3. The molecule has 5 rings (SSSR count). The molecule has 0 bridgehead atoms. The highest BCUT2D eigenvalue weighted by Gasteiger charge is 2.27. The number of hydrogen-bond acceptors (Lipinski definition) is 5. The zero-order valence-electron chi connectivity index (χ0n) is 20.1. The number of H-pyrrole nitrogens is 1. The molecule has 0 spiro atoms. The fourth-order valence-electron chi connectivity index (χ4n) is 4.66. The molecule has 3 aromatic rings. The molecule has 9 heteroatoms. The number of carbonyl (C=O) groups is 2. The molecule has 8 nitrogen and oxygen atoms in total. The molecule has 3 heterocycles. The van der Waals surface area contributed by atoms with Gasteiger partial charge in [-0.2, -0.15) is 0 Å². The Hall–Kier alpha value is -3.49. The van der Waals surface area contributed by atoms with Gasteiger partial charge in [0.1, 0.15) is 29.1 Å². The number of amides is 2. The van der Waals surface area contributed by atoms with E-state index in [-0.39, 0.29) is 23.7 Å². The van der Waals surface area contributed by atoms with E-state index in [0.717, 1.165) is 25.7 Å². The number of piperidine rings is 1. The van der Waals surface area contributed by atoms with Gasteiger partial charge in [0.25, 0.3) is 5.91 Å². The summed E-state index contributed by atoms with van der Waals surface area (Å²) in [7, 11) is 0. The molecule has 1 aliphatic carbocycles. The average Bonchev–Trinajstić information content (AvgIpc) is 3.62. The lowest BCUT2D eigenvalue weighted by molar-refractivity contribution is -0.131. The predicted molar refractivity (Wildman–Crippen MR) is 130 cm³/mol. The van der Waals surface area contributed by atoms with Gasteiger partial charge < -0.3 is 19.9 Å². The van der Waals surface area contributed by atoms with E-state index in [9.17, 15) is 14.0 Å². The summed E-state index contributed by atoms with van der Waals surface area (Å²) < 4.78 is 19.9. The van der Waals surface area contributed by atoms with E-state index < -0.39 is 0 Å². The summed E-state index contributed by atoms with van der Waals surface area (Å²) in [6.45, 7) is 5.53. The molecule has 0 atom stereocenters. The predicted octanol–water partition coefficient (Wildman–Crippen LogP) is 3.99. The first-order valence-corrected chi connectivity index (χ1v) is 12.3. The Kier molecular flexibility index (Phi) is 6.40. The van der Waals surface area contributed by atoms with Gasteiger partial charge in [0.15, 0.2) is 0 Å². The third kappa shape index (κ3) is 4.85. The number of fused-ring (bicyclic) bond motifs is 1. The van der Waals surface area contributed by atoms with Gasteiger partial charge >= 0.3 is 0 Å². The monoisotopic (exact) mass is 479 g/mol. The summed E-state index contributed by atoms with van der Waals surface area (Å²) in [6, 6.07) is 4.41. The molecule has 2 fully saturated rings. The van der Waals surface area contributed by atoms with Crippen LogP contribution in [0.15, 0.2) is 24.5 Å². The average molecular weight is 480 g/mol. The summed E-state index contributed by atoms with van der Waals surface area (Å²) in [4.78, 5) is 39.2. The van der Waals surface area contributed by atoms with Gasteiger partial charge in [-0.1, -0.05) is 6.92 Å². The minimum atomic E-state index is -0.376. The van der Waals surface area contributed by atoms with Crippen molar-refractivity contribution in [2.24, 2.45) is 5.92 Å². The smallest absolute Gasteiger partial charge is 0.255 e. The van der Waals surface area contributed by atoms with Crippen molar-refractivity contribution in [3.05, 3.63) is 41.6 Å². The van der Waals surface area contributed by atoms with Gasteiger partial charge in [0, 0.05) is 42.9 Å². The van der Waals surface area contributed by atoms with Crippen LogP contribution in [0, 0.1) is 18.7 Å². The Morgan fingerprint density at radius 1 is 1.20 bits per heavy atom. The number of rotatable bonds is 7. The van der Waals surface area contributed by atoms with Gasteiger partial charge in [-0.3, -0.25) is 9.59 Å². The number of ether oxygens (including phenoxy) is 1. The highest BCUT2D eigenvalue weighted by Crippen LogP contribution is 2.36. The highest BCUT2D eigenvalue weighted by atomic mass is 19.1. The van der Waals surface area contributed by atoms with E-state index in [1.165, 1.54) is 18.5 Å². The molecule has 35 heavy (non-hydrogen) atoms. The molecule has 2 N–H and O–H groups in total. The topological polar surface area (TPSA) is 100 Å². The number of likely N-dealkylation sites (tertiary alicyclic amines) is 1. The highest BCUT2D eigenvalue weighted by molar-refractivity contribution is 6.09. The Labute approximate surface area is 203 Å². The van der Waals surface area contributed by atoms with Crippen LogP contribution in [0.2, 0.25) is 0 Å². The standard InChI is InChI=1S/C26H30FN5O3/c1-3-21(33)32-10-8-18(9-11-32)31-26(34)22-15(2)30-25-23(28-14-29-24(22)25)19-7-6-17(27)12-20(19)35-13-16-4-5-16/h6-7,12,14,16,18,30H,3-5,8-11,13H2,1-2H3,(H,31,34). The second-order valence-electron chi connectivity index (χ2n) is 9.45. The summed E-state index contributed by atoms with van der Waals surface area (Å²) in [5.74, 6) is 0.519. The van der Waals surface area contributed by atoms with E-state index >= 15 is 0 Å². The quantitative estimate of drug-likeness (QED) is 0.534. The molecule has 0 radical (unpaired) electrons. The van der Waals surface area contributed by atoms with Gasteiger partial charge in [-0.05, 0) is 50.7 Å². The number of aryl methyl sites for hydroxylation is 1. The van der Waals surface area contributed by atoms with Crippen molar-refractivity contribution in [1.29, 1.82) is 0 Å². The Morgan fingerprint density at radius 2 is 1.97 bits per heavy atom. The number of nitrogens with zero attached hydrogens (tertiary/aromatic N) is 3. The number of benzene rings is 1. The second-order valence-corrected chi connectivity index (χ2v) is 9.45. The summed E-state index contributed by atoms with van der Waals surface area (Å²) in [5, 5.41) is 3.12. The van der Waals surface area contributed by atoms with Crippen LogP contribution in [-0.4, -0.2) is 57.4 Å². The normalized spacial score (nSPS) is 16.5. The van der Waals surface area contributed by atoms with Crippen LogP contribution >= 0.6 is 0 Å². The summed E-state index contributed by atoms with van der Waals surface area (Å²) >= 11 is 0. The zero-order valence-corrected chi connectivity index (χ0v) is 20.1. The van der Waals surface area contributed by atoms with Crippen LogP contribution in [0.4, 0.5) is 4.39 Å². The Balaban J connectivity index is 1.40. The van der Waals surface area contributed by atoms with E-state index in [1.54, 1.807) is 6.07 Å². The number of hydrogen-bond donors (Lipinski definition) is 2. The van der Waals surface area contributed by atoms with Crippen LogP contribution in [-0.2, 0) is 4.79 Å². The number of nitrogens with one attached hydrogen (secondary N) is 2. The van der Waals surface area contributed by atoms with Crippen LogP contribution in [0.25, 0.3) is 22.3 Å². The minimum absolute atomic E-state index is 0.00594. The lowest BCUT2D eigenvalue weighted by Gasteiger charge is -2.32. The number of carbonyl (C=O) groups excluding carboxylic acids is 2. The first-order valence-electron chi connectivity index (χ1n) is 12.3. The molecular weight excluding hydrogens is 449 g/mol. The van der Waals surface area contributed by atoms with Crippen LogP contribution in [0.3, 0.4) is 0 Å². The van der Waals surface area contributed by atoms with Gasteiger partial charge in [-0.15, -0.1) is 0 Å². The number of aromatic amines is 1. The molecule has 2 aliphatic rings. The maximum atomic E-state index is 14.0. The Bertz CT molecular complexity index is 1260. The van der Waals surface area contributed by atoms with E-state index in [1.807, 2.05) is 18.7 Å². The second kappa shape index (κ2) is 9.64. The largest absolute Gasteiger partial charge is 0.492 e. The number of aromatic nitrogens is 3. The van der Waals surface area contributed by atoms with Crippen molar-refractivity contribution in [3.8, 4) is 17.0 Å². The SMILES string of the molecule is CCC(=O)N1CCC(NC(=O)c2c(C)[nH]c3c(-c4ccc(F)cc4OCC4CC4)ncnc23)CC1. The lowest BCUT2D eigenvalue weighted by Crippen LogP contribution is -2.46. The fourth-order valence-corrected chi connectivity index (χ4v) is 4.66. The third-order valence-electron chi connectivity index (χ3n) is 6.85. The van der Waals surface area contributed by atoms with Crippen molar-refractivity contribution in [3.63, 3.8) is 0 Å². The van der Waals surface area contributed by atoms with E-state index in [2.05, 4.69) is 20.3 Å². The van der Waals surface area contributed by atoms with Gasteiger partial charge in [0.05, 0.1) is 17.7 Å². The maximum Gasteiger partial charge on any atom is 0.255 e. The van der Waals surface area contributed by atoms with Gasteiger partial charge in [0.2, 0.25) is 5.91 Å². The van der Waals surface area contributed by atoms with Gasteiger partial charge in [-0.25, -0.2) is 14.4 Å². The Morgan fingerprint density at radius 3 is 2.69 bits per heavy atom. The molecule has 2 aromatic heterocycles. The molecule has 1 saturated carbocycles. The molecule has 1 saturated heterocycles. The molecule has 2 amide bonds. The fraction of sp³-hybridized carbons (Fsp3) is 0.462. The molecule has 1 aliphatic heterocycles. The summed E-state index contributed by atoms with van der Waals surface area (Å²) in [5.41, 5.74) is 3.50. The molecular formula is C26H30FN5O3. The van der Waals surface area contributed by atoms with Crippen LogP contribution in [0.5, 0.6) is 5.75 Å². The van der Waals surface area contributed by atoms with Crippen molar-refractivity contribution in [2.45, 2.75) is 52.0 Å². The van der Waals surface area contributed by atoms with E-state index in [0.29, 0.717) is 71.3 Å². The van der Waals surface area contributed by atoms with Crippen LogP contribution in [0.1, 0.15) is 55.1 Å². The third-order valence-corrected chi connectivity index (χ3v) is 6.85. The van der Waals surface area contributed by atoms with E-state index in [4.69, 9.17) is 4.74 Å². The molecule has 1 aromatic carbocycles. The van der Waals surface area contributed by atoms with Crippen molar-refractivity contribution >= 4 is 22.8 Å². The van der Waals surface area contributed by atoms with Crippen molar-refractivity contribution in [1.82, 2.24) is 25.2 Å². The van der Waals surface area contributed by atoms with Crippen molar-refractivity contribution in [2.75, 3.05) is 19.7 Å². The van der Waals surface area contributed by atoms with Crippen LogP contribution < -0.4 is 10.1 Å². The van der Waals surface area contributed by atoms with Crippen molar-refractivity contribution < 1.29 is 18.7 Å². The maximum absolute atomic E-state index is 14.0. The zero-order chi connectivity index (χ0) is 24.5. The molecule has 184 valence electrons. The summed E-state index contributed by atoms with van der Waals surface area (Å²) in [6.07, 6.45) is 5.61. The molecule has 0 unspecified atom stereocenters. The number of halogens is 1. The first-order chi connectivity index (χ1) is 16.9. The lowest BCUT2D eigenvalue weighted by atomic mass is 10.0. The minimum Gasteiger partial charge on any atom is -0.492 e.